The first-order valence-electron chi connectivity index (χ1n) is 5.86. The third-order valence-electron chi connectivity index (χ3n) is 3.09. The number of nitrogens with zero attached hydrogens (tertiary/aromatic N) is 2. The third-order valence-corrected chi connectivity index (χ3v) is 3.09. The Hall–Kier alpha value is -1.61. The summed E-state index contributed by atoms with van der Waals surface area (Å²) in [7, 11) is 3.95. The number of aromatic nitrogens is 2. The minimum absolute atomic E-state index is 0.833. The van der Waals surface area contributed by atoms with Crippen LogP contribution in [0.1, 0.15) is 16.8 Å². The molecule has 1 heterocycles. The summed E-state index contributed by atoms with van der Waals surface area (Å²) < 4.78 is 1.94. The number of benzene rings is 1. The molecule has 0 atom stereocenters. The van der Waals surface area contributed by atoms with Crippen LogP contribution in [0.15, 0.2) is 24.4 Å². The van der Waals surface area contributed by atoms with Crippen LogP contribution in [-0.4, -0.2) is 16.8 Å². The Kier molecular flexibility index (Phi) is 3.29. The summed E-state index contributed by atoms with van der Waals surface area (Å²) in [4.78, 5) is 0. The second kappa shape index (κ2) is 4.72. The fourth-order valence-electron chi connectivity index (χ4n) is 2.09. The maximum Gasteiger partial charge on any atom is 0.0597 e. The number of aryl methyl sites for hydroxylation is 3. The monoisotopic (exact) mass is 229 g/mol. The molecule has 17 heavy (non-hydrogen) atoms. The molecule has 0 aliphatic carbocycles. The maximum absolute atomic E-state index is 4.36. The van der Waals surface area contributed by atoms with E-state index in [1.165, 1.54) is 27.9 Å². The summed E-state index contributed by atoms with van der Waals surface area (Å²) in [6.07, 6.45) is 1.95. The van der Waals surface area contributed by atoms with Gasteiger partial charge in [-0.3, -0.25) is 4.68 Å². The largest absolute Gasteiger partial charge is 0.314 e. The van der Waals surface area contributed by atoms with Crippen LogP contribution >= 0.6 is 0 Å². The van der Waals surface area contributed by atoms with Crippen LogP contribution in [0.3, 0.4) is 0 Å². The molecule has 0 bridgehead atoms. The third kappa shape index (κ3) is 2.24. The van der Waals surface area contributed by atoms with Crippen molar-refractivity contribution < 1.29 is 0 Å². The zero-order valence-electron chi connectivity index (χ0n) is 10.9. The van der Waals surface area contributed by atoms with Crippen LogP contribution in [-0.2, 0) is 13.6 Å². The summed E-state index contributed by atoms with van der Waals surface area (Å²) in [5.41, 5.74) is 6.30. The predicted molar refractivity (Wildman–Crippen MR) is 70.9 cm³/mol. The molecule has 3 nitrogen and oxygen atoms in total. The van der Waals surface area contributed by atoms with Crippen molar-refractivity contribution in [1.82, 2.24) is 15.1 Å². The van der Waals surface area contributed by atoms with E-state index < -0.39 is 0 Å². The Bertz CT molecular complexity index is 526. The molecule has 2 rings (SSSR count). The van der Waals surface area contributed by atoms with E-state index in [1.807, 2.05) is 25.0 Å². The molecular formula is C14H19N3. The minimum Gasteiger partial charge on any atom is -0.314 e. The lowest BCUT2D eigenvalue weighted by atomic mass is 9.99. The zero-order valence-corrected chi connectivity index (χ0v) is 10.9. The molecule has 0 spiro atoms. The van der Waals surface area contributed by atoms with Crippen molar-refractivity contribution in [2.24, 2.45) is 7.05 Å². The molecule has 90 valence electrons. The Labute approximate surface area is 102 Å². The van der Waals surface area contributed by atoms with E-state index in [9.17, 15) is 0 Å². The van der Waals surface area contributed by atoms with Crippen molar-refractivity contribution in [3.8, 4) is 11.1 Å². The Balaban J connectivity index is 2.56. The highest BCUT2D eigenvalue weighted by atomic mass is 15.3. The van der Waals surface area contributed by atoms with Gasteiger partial charge in [-0.05, 0) is 32.0 Å². The second-order valence-electron chi connectivity index (χ2n) is 4.48. The van der Waals surface area contributed by atoms with E-state index >= 15 is 0 Å². The summed E-state index contributed by atoms with van der Waals surface area (Å²) in [6, 6.07) is 6.54. The van der Waals surface area contributed by atoms with Gasteiger partial charge in [0.05, 0.1) is 11.9 Å². The van der Waals surface area contributed by atoms with E-state index in [1.54, 1.807) is 0 Å². The maximum atomic E-state index is 4.36. The van der Waals surface area contributed by atoms with Gasteiger partial charge in [-0.1, -0.05) is 23.8 Å². The van der Waals surface area contributed by atoms with E-state index in [2.05, 4.69) is 42.5 Å². The summed E-state index contributed by atoms with van der Waals surface area (Å²) >= 11 is 0. The molecule has 0 saturated heterocycles. The van der Waals surface area contributed by atoms with Gasteiger partial charge in [0.25, 0.3) is 0 Å². The number of rotatable bonds is 3. The van der Waals surface area contributed by atoms with Gasteiger partial charge in [0.15, 0.2) is 0 Å². The van der Waals surface area contributed by atoms with Crippen LogP contribution in [0.25, 0.3) is 11.1 Å². The van der Waals surface area contributed by atoms with Crippen molar-refractivity contribution in [2.45, 2.75) is 20.4 Å². The summed E-state index contributed by atoms with van der Waals surface area (Å²) in [6.45, 7) is 5.10. The van der Waals surface area contributed by atoms with Gasteiger partial charge >= 0.3 is 0 Å². The SMILES string of the molecule is CNCc1c(-c2cc(C)ccc2C)cnn1C. The predicted octanol–water partition coefficient (Wildman–Crippen LogP) is 2.42. The van der Waals surface area contributed by atoms with Crippen molar-refractivity contribution in [3.05, 3.63) is 41.2 Å². The normalized spacial score (nSPS) is 10.8. The van der Waals surface area contributed by atoms with Crippen molar-refractivity contribution in [3.63, 3.8) is 0 Å². The van der Waals surface area contributed by atoms with Crippen molar-refractivity contribution >= 4 is 0 Å². The molecule has 1 aromatic carbocycles. The summed E-state index contributed by atoms with van der Waals surface area (Å²) in [5.74, 6) is 0. The minimum atomic E-state index is 0.833. The average Bonchev–Trinajstić information content (AvgIpc) is 2.65. The lowest BCUT2D eigenvalue weighted by Crippen LogP contribution is -2.10. The smallest absolute Gasteiger partial charge is 0.0597 e. The molecule has 2 aromatic rings. The fourth-order valence-corrected chi connectivity index (χ4v) is 2.09. The van der Waals surface area contributed by atoms with Gasteiger partial charge < -0.3 is 5.32 Å². The molecule has 0 aliphatic rings. The van der Waals surface area contributed by atoms with Gasteiger partial charge in [0, 0.05) is 19.2 Å². The lowest BCUT2D eigenvalue weighted by Gasteiger charge is -2.09. The molecule has 3 heteroatoms. The molecule has 1 aromatic heterocycles. The van der Waals surface area contributed by atoms with E-state index in [4.69, 9.17) is 0 Å². The highest BCUT2D eigenvalue weighted by molar-refractivity contribution is 5.69. The Morgan fingerprint density at radius 2 is 2.00 bits per heavy atom. The molecule has 0 fully saturated rings. The van der Waals surface area contributed by atoms with Crippen molar-refractivity contribution in [1.29, 1.82) is 0 Å². The number of nitrogens with one attached hydrogen (secondary N) is 1. The van der Waals surface area contributed by atoms with E-state index in [0.717, 1.165) is 6.54 Å². The first-order chi connectivity index (χ1) is 8.13. The van der Waals surface area contributed by atoms with E-state index in [0.29, 0.717) is 0 Å². The van der Waals surface area contributed by atoms with Gasteiger partial charge in [-0.15, -0.1) is 0 Å². The van der Waals surface area contributed by atoms with E-state index in [-0.39, 0.29) is 0 Å². The van der Waals surface area contributed by atoms with Gasteiger partial charge in [-0.2, -0.15) is 5.10 Å². The Morgan fingerprint density at radius 1 is 1.24 bits per heavy atom. The molecule has 0 aliphatic heterocycles. The first kappa shape index (κ1) is 11.9. The molecular weight excluding hydrogens is 210 g/mol. The molecule has 0 radical (unpaired) electrons. The number of hydrogen-bond acceptors (Lipinski definition) is 2. The lowest BCUT2D eigenvalue weighted by molar-refractivity contribution is 0.673. The summed E-state index contributed by atoms with van der Waals surface area (Å²) in [5, 5.41) is 7.55. The van der Waals surface area contributed by atoms with Crippen LogP contribution in [0.2, 0.25) is 0 Å². The van der Waals surface area contributed by atoms with Gasteiger partial charge in [-0.25, -0.2) is 0 Å². The van der Waals surface area contributed by atoms with Gasteiger partial charge in [0.2, 0.25) is 0 Å². The molecule has 1 N–H and O–H groups in total. The highest BCUT2D eigenvalue weighted by Crippen LogP contribution is 2.27. The molecule has 0 unspecified atom stereocenters. The second-order valence-corrected chi connectivity index (χ2v) is 4.48. The van der Waals surface area contributed by atoms with Crippen LogP contribution in [0.4, 0.5) is 0 Å². The molecule has 0 saturated carbocycles. The zero-order chi connectivity index (χ0) is 12.4. The van der Waals surface area contributed by atoms with Gasteiger partial charge in [0.1, 0.15) is 0 Å². The molecule has 0 amide bonds. The quantitative estimate of drug-likeness (QED) is 0.876. The van der Waals surface area contributed by atoms with Crippen molar-refractivity contribution in [2.75, 3.05) is 7.05 Å². The van der Waals surface area contributed by atoms with Crippen LogP contribution in [0.5, 0.6) is 0 Å². The number of hydrogen-bond donors (Lipinski definition) is 1. The van der Waals surface area contributed by atoms with Crippen LogP contribution in [0, 0.1) is 13.8 Å². The average molecular weight is 229 g/mol. The Morgan fingerprint density at radius 3 is 2.71 bits per heavy atom. The van der Waals surface area contributed by atoms with Crippen LogP contribution < -0.4 is 5.32 Å². The standard InChI is InChI=1S/C14H19N3/c1-10-5-6-11(2)12(7-10)13-8-16-17(4)14(13)9-15-3/h5-8,15H,9H2,1-4H3. The first-order valence-corrected chi connectivity index (χ1v) is 5.86. The topological polar surface area (TPSA) is 29.9 Å². The highest BCUT2D eigenvalue weighted by Gasteiger charge is 2.11. The fraction of sp³-hybridized carbons (Fsp3) is 0.357.